The van der Waals surface area contributed by atoms with Gasteiger partial charge in [-0.2, -0.15) is 0 Å². The van der Waals surface area contributed by atoms with E-state index in [0.29, 0.717) is 32.7 Å². The topological polar surface area (TPSA) is 157 Å². The first kappa shape index (κ1) is 41.8. The first-order valence-corrected chi connectivity index (χ1v) is 20.4. The summed E-state index contributed by atoms with van der Waals surface area (Å²) >= 11 is 0. The molecule has 59 heavy (non-hydrogen) atoms. The van der Waals surface area contributed by atoms with Crippen LogP contribution < -0.4 is 10.6 Å². The number of benzene rings is 2. The van der Waals surface area contributed by atoms with Crippen LogP contribution in [-0.2, 0) is 33.3 Å². The molecule has 0 saturated carbocycles. The fourth-order valence-corrected chi connectivity index (χ4v) is 9.08. The van der Waals surface area contributed by atoms with Crippen LogP contribution in [-0.4, -0.2) is 131 Å². The van der Waals surface area contributed by atoms with Gasteiger partial charge in [0.05, 0.1) is 51.7 Å². The van der Waals surface area contributed by atoms with Gasteiger partial charge < -0.3 is 44.1 Å². The highest BCUT2D eigenvalue weighted by Gasteiger charge is 2.43. The summed E-state index contributed by atoms with van der Waals surface area (Å²) in [6.07, 6.45) is 4.25. The number of hydrogen-bond donors (Lipinski definition) is 2. The summed E-state index contributed by atoms with van der Waals surface area (Å²) in [5.41, 5.74) is 11.3. The first-order valence-electron chi connectivity index (χ1n) is 20.4. The molecule has 14 nitrogen and oxygen atoms in total. The summed E-state index contributed by atoms with van der Waals surface area (Å²) in [7, 11) is 5.59. The molecule has 2 aromatic rings. The molecule has 14 heteroatoms. The second-order valence-corrected chi connectivity index (χ2v) is 15.7. The fourth-order valence-electron chi connectivity index (χ4n) is 9.08. The highest BCUT2D eigenvalue weighted by Crippen LogP contribution is 2.46. The van der Waals surface area contributed by atoms with Crippen LogP contribution in [0.25, 0.3) is 22.3 Å². The van der Waals surface area contributed by atoms with E-state index in [-0.39, 0.29) is 23.9 Å². The van der Waals surface area contributed by atoms with Crippen molar-refractivity contribution in [2.24, 2.45) is 4.99 Å². The van der Waals surface area contributed by atoms with Crippen molar-refractivity contribution < 1.29 is 42.9 Å². The van der Waals surface area contributed by atoms with Crippen molar-refractivity contribution in [3.05, 3.63) is 82.6 Å². The molecule has 0 bridgehead atoms. The number of rotatable bonds is 13. The van der Waals surface area contributed by atoms with Gasteiger partial charge in [-0.1, -0.05) is 48.5 Å². The van der Waals surface area contributed by atoms with E-state index in [1.54, 1.807) is 13.8 Å². The van der Waals surface area contributed by atoms with Crippen LogP contribution in [0.1, 0.15) is 63.5 Å². The second-order valence-electron chi connectivity index (χ2n) is 15.7. The van der Waals surface area contributed by atoms with Crippen molar-refractivity contribution in [3.63, 3.8) is 0 Å². The largest absolute Gasteiger partial charge is 0.453 e. The molecule has 1 aliphatic carbocycles. The van der Waals surface area contributed by atoms with Gasteiger partial charge in [0.25, 0.3) is 0 Å². The zero-order valence-corrected chi connectivity index (χ0v) is 34.7. The molecule has 2 aromatic carbocycles. The van der Waals surface area contributed by atoms with Crippen molar-refractivity contribution >= 4 is 40.9 Å². The number of nitrogens with one attached hydrogen (secondary N) is 2. The van der Waals surface area contributed by atoms with E-state index in [4.69, 9.17) is 28.7 Å². The summed E-state index contributed by atoms with van der Waals surface area (Å²) in [5.74, 6) is -0.381. The molecule has 0 spiro atoms. The van der Waals surface area contributed by atoms with Crippen molar-refractivity contribution in [1.29, 1.82) is 0 Å². The predicted molar refractivity (Wildman–Crippen MR) is 222 cm³/mol. The molecule has 7 rings (SSSR count). The number of methoxy groups -OCH3 is 4. The molecule has 4 amide bonds. The van der Waals surface area contributed by atoms with Gasteiger partial charge in [-0.05, 0) is 96.1 Å². The number of ether oxygens (including phenoxy) is 5. The minimum atomic E-state index is -0.869. The lowest BCUT2D eigenvalue weighted by molar-refractivity contribution is -0.137. The number of hydrogen-bond acceptors (Lipinski definition) is 10. The number of aliphatic imine (C=N–C) groups is 1. The lowest BCUT2D eigenvalue weighted by Crippen LogP contribution is -2.56. The third kappa shape index (κ3) is 8.57. The number of carbonyl (C=O) groups is 4. The standard InChI is InChI=1S/C45H55N5O9/c1-26(55-3)40(47-44(53)57-5)42(51)49-19-7-9-38(49)34-22-33(35-24-59-25-36(34)35)31-17-15-29(16-18-31)28-11-13-30(14-12-28)32-21-37(46-23-32)39-10-8-20-50(39)43(52)41(27(2)56-4)48-45(54)58-6/h11-18,23,26-27,38-41H,7-10,19-22,24-25H2,1-6H3,(H,47,53)(H,48,54)/t26-,27-,38+,39+,40+,41+/m1/s1. The van der Waals surface area contributed by atoms with Crippen molar-refractivity contribution in [1.82, 2.24) is 20.4 Å². The number of alkyl carbamates (subject to hydrolysis) is 2. The van der Waals surface area contributed by atoms with E-state index in [0.717, 1.165) is 65.6 Å². The van der Waals surface area contributed by atoms with Crippen LogP contribution >= 0.6 is 0 Å². The molecular formula is C45H55N5O9. The quantitative estimate of drug-likeness (QED) is 0.266. The lowest BCUT2D eigenvalue weighted by atomic mass is 9.94. The van der Waals surface area contributed by atoms with Crippen LogP contribution in [0.2, 0.25) is 0 Å². The number of carbonyl (C=O) groups excluding carboxylic acids is 4. The number of likely N-dealkylation sites (tertiary alicyclic amines) is 2. The van der Waals surface area contributed by atoms with E-state index in [9.17, 15) is 19.2 Å². The monoisotopic (exact) mass is 809 g/mol. The number of nitrogens with zero attached hydrogens (tertiary/aromatic N) is 3. The van der Waals surface area contributed by atoms with Crippen molar-refractivity contribution in [2.45, 2.75) is 88.7 Å². The molecule has 4 heterocycles. The molecular weight excluding hydrogens is 755 g/mol. The minimum Gasteiger partial charge on any atom is -0.453 e. The number of amides is 4. The molecule has 2 N–H and O–H groups in total. The van der Waals surface area contributed by atoms with Crippen LogP contribution in [0.4, 0.5) is 9.59 Å². The first-order chi connectivity index (χ1) is 28.6. The van der Waals surface area contributed by atoms with Gasteiger partial charge in [0.1, 0.15) is 12.1 Å². The van der Waals surface area contributed by atoms with Gasteiger partial charge in [0, 0.05) is 45.6 Å². The van der Waals surface area contributed by atoms with Crippen LogP contribution in [0.15, 0.2) is 76.4 Å². The molecule has 0 aromatic heterocycles. The maximum Gasteiger partial charge on any atom is 0.407 e. The van der Waals surface area contributed by atoms with E-state index in [1.807, 2.05) is 16.0 Å². The Morgan fingerprint density at radius 3 is 1.69 bits per heavy atom. The zero-order valence-electron chi connectivity index (χ0n) is 34.7. The van der Waals surface area contributed by atoms with E-state index >= 15 is 0 Å². The molecule has 0 radical (unpaired) electrons. The maximum absolute atomic E-state index is 13.9. The maximum atomic E-state index is 13.9. The third-order valence-electron chi connectivity index (χ3n) is 12.5. The van der Waals surface area contributed by atoms with E-state index < -0.39 is 36.5 Å². The Hall–Kier alpha value is -5.31. The molecule has 6 atom stereocenters. The molecule has 3 saturated heterocycles. The summed E-state index contributed by atoms with van der Waals surface area (Å²) in [4.78, 5) is 60.3. The Kier molecular flexibility index (Phi) is 13.0. The van der Waals surface area contributed by atoms with Gasteiger partial charge in [-0.15, -0.1) is 0 Å². The zero-order chi connectivity index (χ0) is 41.8. The second kappa shape index (κ2) is 18.3. The summed E-state index contributed by atoms with van der Waals surface area (Å²) in [6.45, 7) is 5.78. The fraction of sp³-hybridized carbons (Fsp3) is 0.489. The smallest absolute Gasteiger partial charge is 0.407 e. The number of allylic oxidation sites excluding steroid dienone is 2. The Balaban J connectivity index is 0.994. The Labute approximate surface area is 345 Å². The summed E-state index contributed by atoms with van der Waals surface area (Å²) in [6, 6.07) is 15.2. The van der Waals surface area contributed by atoms with Crippen LogP contribution in [0.3, 0.4) is 0 Å². The van der Waals surface area contributed by atoms with Gasteiger partial charge in [0.15, 0.2) is 0 Å². The average molecular weight is 810 g/mol. The minimum absolute atomic E-state index is 0.0843. The highest BCUT2D eigenvalue weighted by molar-refractivity contribution is 6.04. The van der Waals surface area contributed by atoms with Gasteiger partial charge >= 0.3 is 12.2 Å². The van der Waals surface area contributed by atoms with E-state index in [1.165, 1.54) is 50.7 Å². The average Bonchev–Trinajstić information content (AvgIpc) is 4.12. The van der Waals surface area contributed by atoms with Gasteiger partial charge in [-0.25, -0.2) is 9.59 Å². The molecule has 5 aliphatic rings. The van der Waals surface area contributed by atoms with Crippen molar-refractivity contribution in [3.8, 4) is 11.1 Å². The highest BCUT2D eigenvalue weighted by atomic mass is 16.5. The van der Waals surface area contributed by atoms with Gasteiger partial charge in [-0.3, -0.25) is 14.6 Å². The Morgan fingerprint density at radius 2 is 1.15 bits per heavy atom. The van der Waals surface area contributed by atoms with Crippen LogP contribution in [0, 0.1) is 0 Å². The summed E-state index contributed by atoms with van der Waals surface area (Å²) < 4.78 is 26.5. The number of fused-ring (bicyclic) bond motifs is 1. The normalized spacial score (nSPS) is 22.1. The Bertz CT molecular complexity index is 2060. The SMILES string of the molecule is COC(=O)N[C@H](C(=O)N1CCC[C@H]1C1=NC=C(c2ccc(-c3ccc(C4=C5COCC5=C([C@@H]5CCCN5C(=O)[C@@H](NC(=O)OC)[C@@H](C)OC)C4)cc3)cc2)C1)[C@@H](C)OC. The molecule has 0 unspecified atom stereocenters. The summed E-state index contributed by atoms with van der Waals surface area (Å²) in [5, 5.41) is 5.34. The van der Waals surface area contributed by atoms with Gasteiger partial charge in [0.2, 0.25) is 11.8 Å². The van der Waals surface area contributed by atoms with Crippen LogP contribution in [0.5, 0.6) is 0 Å². The Morgan fingerprint density at radius 1 is 0.661 bits per heavy atom. The molecule has 4 aliphatic heterocycles. The van der Waals surface area contributed by atoms with Crippen molar-refractivity contribution in [2.75, 3.05) is 54.7 Å². The molecule has 314 valence electrons. The third-order valence-corrected chi connectivity index (χ3v) is 12.5. The molecule has 3 fully saturated rings. The predicted octanol–water partition coefficient (Wildman–Crippen LogP) is 5.52. The van der Waals surface area contributed by atoms with E-state index in [2.05, 4.69) is 59.2 Å². The lowest BCUT2D eigenvalue weighted by Gasteiger charge is -2.32.